The summed E-state index contributed by atoms with van der Waals surface area (Å²) in [6, 6.07) is 15.8. The normalized spacial score (nSPS) is 19.3. The molecule has 1 aliphatic heterocycles. The molecule has 4 rings (SSSR count). The highest BCUT2D eigenvalue weighted by Crippen LogP contribution is 2.38. The number of hydrogen-bond acceptors (Lipinski definition) is 4. The lowest BCUT2D eigenvalue weighted by molar-refractivity contribution is 0.219. The van der Waals surface area contributed by atoms with Crippen LogP contribution in [0.15, 0.2) is 67.1 Å². The van der Waals surface area contributed by atoms with Gasteiger partial charge in [0.15, 0.2) is 5.11 Å². The van der Waals surface area contributed by atoms with Gasteiger partial charge in [-0.3, -0.25) is 9.97 Å². The molecule has 1 aliphatic rings. The Kier molecular flexibility index (Phi) is 5.13. The van der Waals surface area contributed by atoms with Crippen molar-refractivity contribution in [2.24, 2.45) is 0 Å². The maximum Gasteiger partial charge on any atom is 0.170 e. The molecule has 7 heteroatoms. The van der Waals surface area contributed by atoms with Crippen molar-refractivity contribution < 1.29 is 5.11 Å². The Bertz CT molecular complexity index is 899. The van der Waals surface area contributed by atoms with Crippen molar-refractivity contribution in [1.82, 2.24) is 24.8 Å². The van der Waals surface area contributed by atoms with E-state index in [1.54, 1.807) is 12.4 Å². The van der Waals surface area contributed by atoms with Gasteiger partial charge in [-0.1, -0.05) is 12.1 Å². The van der Waals surface area contributed by atoms with Gasteiger partial charge >= 0.3 is 0 Å². The first kappa shape index (κ1) is 17.6. The zero-order valence-electron chi connectivity index (χ0n) is 14.8. The molecule has 1 fully saturated rings. The maximum absolute atomic E-state index is 9.56. The first-order chi connectivity index (χ1) is 13.3. The molecular weight excluding hydrogens is 358 g/mol. The molecule has 0 bridgehead atoms. The van der Waals surface area contributed by atoms with E-state index in [9.17, 15) is 5.11 Å². The number of pyridine rings is 2. The van der Waals surface area contributed by atoms with Crippen molar-refractivity contribution in [3.63, 3.8) is 0 Å². The van der Waals surface area contributed by atoms with Crippen molar-refractivity contribution in [2.45, 2.75) is 18.6 Å². The number of aromatic nitrogens is 3. The predicted molar refractivity (Wildman–Crippen MR) is 107 cm³/mol. The lowest BCUT2D eigenvalue weighted by Gasteiger charge is -2.28. The molecule has 4 heterocycles. The molecule has 0 spiro atoms. The van der Waals surface area contributed by atoms with Crippen molar-refractivity contribution in [2.75, 3.05) is 13.2 Å². The van der Waals surface area contributed by atoms with Crippen molar-refractivity contribution in [3.8, 4) is 0 Å². The summed E-state index contributed by atoms with van der Waals surface area (Å²) in [6.45, 7) is 1.18. The lowest BCUT2D eigenvalue weighted by Crippen LogP contribution is -2.33. The van der Waals surface area contributed by atoms with E-state index in [1.165, 1.54) is 0 Å². The van der Waals surface area contributed by atoms with E-state index in [2.05, 4.69) is 32.1 Å². The molecule has 2 unspecified atom stereocenters. The van der Waals surface area contributed by atoms with Crippen LogP contribution in [0.5, 0.6) is 0 Å². The minimum Gasteiger partial charge on any atom is -0.395 e. The van der Waals surface area contributed by atoms with Crippen molar-refractivity contribution in [3.05, 3.63) is 84.2 Å². The van der Waals surface area contributed by atoms with Crippen LogP contribution in [0.4, 0.5) is 0 Å². The monoisotopic (exact) mass is 379 g/mol. The minimum absolute atomic E-state index is 0.0359. The predicted octanol–water partition coefficient (Wildman–Crippen LogP) is 2.29. The van der Waals surface area contributed by atoms with E-state index in [1.807, 2.05) is 47.4 Å². The number of nitrogens with one attached hydrogen (secondary N) is 1. The smallest absolute Gasteiger partial charge is 0.170 e. The van der Waals surface area contributed by atoms with Crippen LogP contribution in [0.25, 0.3) is 0 Å². The van der Waals surface area contributed by atoms with Crippen molar-refractivity contribution >= 4 is 17.3 Å². The molecule has 2 N–H and O–H groups in total. The van der Waals surface area contributed by atoms with E-state index in [0.717, 1.165) is 17.1 Å². The highest BCUT2D eigenvalue weighted by Gasteiger charge is 2.40. The average Bonchev–Trinajstić information content (AvgIpc) is 3.28. The van der Waals surface area contributed by atoms with Gasteiger partial charge in [0.25, 0.3) is 0 Å². The Labute approximate surface area is 163 Å². The zero-order valence-corrected chi connectivity index (χ0v) is 15.6. The van der Waals surface area contributed by atoms with Gasteiger partial charge in [0.1, 0.15) is 0 Å². The summed E-state index contributed by atoms with van der Waals surface area (Å²) in [5, 5.41) is 13.6. The second-order valence-electron chi connectivity index (χ2n) is 6.43. The molecule has 0 aliphatic carbocycles. The number of thiocarbonyl (C=S) groups is 1. The maximum atomic E-state index is 9.56. The summed E-state index contributed by atoms with van der Waals surface area (Å²) in [7, 11) is 0. The first-order valence-corrected chi connectivity index (χ1v) is 9.32. The highest BCUT2D eigenvalue weighted by atomic mass is 32.1. The number of rotatable bonds is 6. The minimum atomic E-state index is -0.0809. The van der Waals surface area contributed by atoms with Gasteiger partial charge in [-0.2, -0.15) is 0 Å². The molecule has 2 atom stereocenters. The van der Waals surface area contributed by atoms with Crippen LogP contribution in [-0.2, 0) is 6.54 Å². The summed E-state index contributed by atoms with van der Waals surface area (Å²) in [5.41, 5.74) is 3.03. The Morgan fingerprint density at radius 3 is 2.56 bits per heavy atom. The lowest BCUT2D eigenvalue weighted by atomic mass is 10.0. The summed E-state index contributed by atoms with van der Waals surface area (Å²) >= 11 is 5.56. The molecular formula is C20H21N5OS. The summed E-state index contributed by atoms with van der Waals surface area (Å²) in [4.78, 5) is 11.0. The van der Waals surface area contributed by atoms with E-state index < -0.39 is 0 Å². The largest absolute Gasteiger partial charge is 0.395 e. The number of aliphatic hydroxyl groups is 1. The summed E-state index contributed by atoms with van der Waals surface area (Å²) in [6.07, 6.45) is 5.65. The van der Waals surface area contributed by atoms with E-state index in [-0.39, 0.29) is 18.7 Å². The number of aliphatic hydroxyl groups excluding tert-OH is 1. The van der Waals surface area contributed by atoms with Gasteiger partial charge in [0.05, 0.1) is 36.6 Å². The van der Waals surface area contributed by atoms with Crippen LogP contribution in [0.3, 0.4) is 0 Å². The molecule has 3 aromatic rings. The standard InChI is InChI=1S/C20H21N5OS/c26-13-12-25-19(18(23-20(25)27)16-7-2-4-10-22-16)17-8-5-11-24(17)14-15-6-1-3-9-21-15/h1-11,18-19,26H,12-14H2,(H,23,27). The Balaban J connectivity index is 1.72. The van der Waals surface area contributed by atoms with Crippen LogP contribution in [0.1, 0.15) is 29.2 Å². The number of nitrogens with zero attached hydrogens (tertiary/aromatic N) is 4. The number of hydrogen-bond donors (Lipinski definition) is 2. The van der Waals surface area contributed by atoms with Gasteiger partial charge in [-0.25, -0.2) is 0 Å². The van der Waals surface area contributed by atoms with Crippen LogP contribution in [0, 0.1) is 0 Å². The third-order valence-electron chi connectivity index (χ3n) is 4.76. The number of β-amino-alcohol motifs (C(OH)–C–C–N with tert-alkyl or cyclic N) is 1. The fourth-order valence-electron chi connectivity index (χ4n) is 3.58. The van der Waals surface area contributed by atoms with Gasteiger partial charge < -0.3 is 19.9 Å². The van der Waals surface area contributed by atoms with Gasteiger partial charge in [-0.15, -0.1) is 0 Å². The van der Waals surface area contributed by atoms with Crippen LogP contribution in [0.2, 0.25) is 0 Å². The van der Waals surface area contributed by atoms with Gasteiger partial charge in [0.2, 0.25) is 0 Å². The van der Waals surface area contributed by atoms with E-state index in [4.69, 9.17) is 12.2 Å². The average molecular weight is 379 g/mol. The fraction of sp³-hybridized carbons (Fsp3) is 0.250. The van der Waals surface area contributed by atoms with Crippen molar-refractivity contribution in [1.29, 1.82) is 0 Å². The van der Waals surface area contributed by atoms with Gasteiger partial charge in [0, 0.05) is 30.8 Å². The van der Waals surface area contributed by atoms with Gasteiger partial charge in [-0.05, 0) is 48.6 Å². The molecule has 0 amide bonds. The molecule has 3 aromatic heterocycles. The highest BCUT2D eigenvalue weighted by molar-refractivity contribution is 7.80. The third kappa shape index (κ3) is 3.56. The first-order valence-electron chi connectivity index (χ1n) is 8.92. The molecule has 27 heavy (non-hydrogen) atoms. The zero-order chi connectivity index (χ0) is 18.6. The summed E-state index contributed by atoms with van der Waals surface area (Å²) < 4.78 is 2.18. The Morgan fingerprint density at radius 2 is 1.85 bits per heavy atom. The SMILES string of the molecule is OCCN1C(=S)NC(c2ccccn2)C1c1cccn1Cc1ccccn1. The Hall–Kier alpha value is -2.77. The van der Waals surface area contributed by atoms with Crippen LogP contribution in [-0.4, -0.2) is 42.8 Å². The third-order valence-corrected chi connectivity index (χ3v) is 5.12. The molecule has 0 radical (unpaired) electrons. The molecule has 0 aromatic carbocycles. The van der Waals surface area contributed by atoms with Crippen LogP contribution < -0.4 is 5.32 Å². The topological polar surface area (TPSA) is 66.2 Å². The summed E-state index contributed by atoms with van der Waals surface area (Å²) in [5.74, 6) is 0. The molecule has 1 saturated heterocycles. The molecule has 138 valence electrons. The second-order valence-corrected chi connectivity index (χ2v) is 6.81. The second kappa shape index (κ2) is 7.85. The van der Waals surface area contributed by atoms with E-state index in [0.29, 0.717) is 18.2 Å². The molecule has 0 saturated carbocycles. The van der Waals surface area contributed by atoms with E-state index >= 15 is 0 Å². The quantitative estimate of drug-likeness (QED) is 0.641. The molecule has 6 nitrogen and oxygen atoms in total. The Morgan fingerprint density at radius 1 is 1.04 bits per heavy atom. The van der Waals surface area contributed by atoms with Crippen LogP contribution >= 0.6 is 12.2 Å². The fourth-order valence-corrected chi connectivity index (χ4v) is 3.91.